The minimum Gasteiger partial charge on any atom is -0.480 e. The van der Waals surface area contributed by atoms with Crippen molar-refractivity contribution in [2.45, 2.75) is 57.7 Å². The van der Waals surface area contributed by atoms with Crippen LogP contribution in [0.1, 0.15) is 39.2 Å². The summed E-state index contributed by atoms with van der Waals surface area (Å²) in [6.07, 6.45) is 0.363. The molecular formula is C19H25N3O7. The second-order valence-corrected chi connectivity index (χ2v) is 7.86. The Morgan fingerprint density at radius 3 is 2.45 bits per heavy atom. The van der Waals surface area contributed by atoms with E-state index in [9.17, 15) is 29.6 Å². The van der Waals surface area contributed by atoms with Crippen molar-refractivity contribution in [3.05, 3.63) is 39.9 Å². The molecule has 2 amide bonds. The maximum atomic E-state index is 12.7. The van der Waals surface area contributed by atoms with Crippen molar-refractivity contribution in [2.24, 2.45) is 0 Å². The van der Waals surface area contributed by atoms with E-state index in [1.807, 2.05) is 0 Å². The summed E-state index contributed by atoms with van der Waals surface area (Å²) < 4.78 is 5.32. The van der Waals surface area contributed by atoms with Crippen LogP contribution in [0.15, 0.2) is 24.3 Å². The molecule has 1 aromatic rings. The van der Waals surface area contributed by atoms with Gasteiger partial charge in [-0.1, -0.05) is 12.1 Å². The highest BCUT2D eigenvalue weighted by molar-refractivity contribution is 5.89. The van der Waals surface area contributed by atoms with Gasteiger partial charge in [0, 0.05) is 25.1 Å². The Balaban J connectivity index is 2.05. The molecule has 0 spiro atoms. The predicted octanol–water partition coefficient (Wildman–Crippen LogP) is 2.11. The number of nitrogens with zero attached hydrogens (tertiary/aromatic N) is 2. The number of nitrogens with one attached hydrogen (secondary N) is 1. The van der Waals surface area contributed by atoms with E-state index in [0.29, 0.717) is 24.9 Å². The van der Waals surface area contributed by atoms with Crippen molar-refractivity contribution < 1.29 is 29.2 Å². The molecule has 0 saturated carbocycles. The van der Waals surface area contributed by atoms with Gasteiger partial charge in [-0.15, -0.1) is 0 Å². The van der Waals surface area contributed by atoms with Crippen molar-refractivity contribution in [1.29, 1.82) is 0 Å². The minimum absolute atomic E-state index is 0.0434. The molecule has 10 heteroatoms. The molecule has 1 aromatic carbocycles. The molecule has 1 aliphatic heterocycles. The number of aliphatic carboxylic acids is 1. The van der Waals surface area contributed by atoms with Gasteiger partial charge in [0.15, 0.2) is 0 Å². The molecule has 1 aliphatic rings. The van der Waals surface area contributed by atoms with Gasteiger partial charge in [0.2, 0.25) is 5.91 Å². The summed E-state index contributed by atoms with van der Waals surface area (Å²) in [5.74, 6) is -1.80. The first-order chi connectivity index (χ1) is 13.5. The van der Waals surface area contributed by atoms with Crippen LogP contribution in [-0.4, -0.2) is 57.1 Å². The molecule has 158 valence electrons. The fraction of sp³-hybridized carbons (Fsp3) is 0.526. The van der Waals surface area contributed by atoms with Gasteiger partial charge in [0.25, 0.3) is 5.69 Å². The first kappa shape index (κ1) is 22.1. The number of carboxylic acid groups (broad SMARTS) is 1. The number of benzene rings is 1. The Morgan fingerprint density at radius 1 is 1.31 bits per heavy atom. The fourth-order valence-corrected chi connectivity index (χ4v) is 3.04. The van der Waals surface area contributed by atoms with Gasteiger partial charge in [-0.25, -0.2) is 9.59 Å². The molecule has 0 unspecified atom stereocenters. The number of carboxylic acids is 1. The number of carbonyl (C=O) groups is 3. The highest BCUT2D eigenvalue weighted by atomic mass is 16.6. The standard InChI is InChI=1S/C19H25N3O7/c1-19(2,3)29-18(26)21-10-4-5-15(21)16(23)20-14(17(24)25)11-12-6-8-13(9-7-12)22(27)28/h6-9,14-15H,4-5,10-11H2,1-3H3,(H,20,23)(H,24,25)/t14-,15+/m0/s1. The number of ether oxygens (including phenoxy) is 1. The Kier molecular flexibility index (Phi) is 6.78. The van der Waals surface area contributed by atoms with Crippen LogP contribution in [0.2, 0.25) is 0 Å². The van der Waals surface area contributed by atoms with E-state index in [1.165, 1.54) is 29.2 Å². The average Bonchev–Trinajstić information content (AvgIpc) is 3.10. The molecule has 1 heterocycles. The Morgan fingerprint density at radius 2 is 1.93 bits per heavy atom. The Bertz CT molecular complexity index is 786. The van der Waals surface area contributed by atoms with Gasteiger partial charge < -0.3 is 15.2 Å². The molecular weight excluding hydrogens is 382 g/mol. The molecule has 1 fully saturated rings. The molecule has 2 atom stereocenters. The number of rotatable bonds is 6. The number of hydrogen-bond donors (Lipinski definition) is 2. The average molecular weight is 407 g/mol. The lowest BCUT2D eigenvalue weighted by molar-refractivity contribution is -0.384. The second kappa shape index (κ2) is 8.89. The zero-order chi connectivity index (χ0) is 21.8. The van der Waals surface area contributed by atoms with Gasteiger partial charge in [0.05, 0.1) is 4.92 Å². The van der Waals surface area contributed by atoms with Crippen LogP contribution in [0.25, 0.3) is 0 Å². The van der Waals surface area contributed by atoms with Gasteiger partial charge in [-0.2, -0.15) is 0 Å². The van der Waals surface area contributed by atoms with Gasteiger partial charge >= 0.3 is 12.1 Å². The van der Waals surface area contributed by atoms with E-state index in [-0.39, 0.29) is 12.1 Å². The van der Waals surface area contributed by atoms with Crippen LogP contribution in [0.3, 0.4) is 0 Å². The van der Waals surface area contributed by atoms with E-state index in [2.05, 4.69) is 5.32 Å². The molecule has 0 aliphatic carbocycles. The number of likely N-dealkylation sites (tertiary alicyclic amines) is 1. The quantitative estimate of drug-likeness (QED) is 0.544. The first-order valence-electron chi connectivity index (χ1n) is 9.24. The largest absolute Gasteiger partial charge is 0.480 e. The summed E-state index contributed by atoms with van der Waals surface area (Å²) in [5.41, 5.74) is -0.289. The third-order valence-corrected chi connectivity index (χ3v) is 4.39. The number of non-ortho nitro benzene ring substituents is 1. The summed E-state index contributed by atoms with van der Waals surface area (Å²) in [6, 6.07) is 3.41. The number of nitro benzene ring substituents is 1. The van der Waals surface area contributed by atoms with E-state index in [1.54, 1.807) is 20.8 Å². The molecule has 0 bridgehead atoms. The molecule has 2 rings (SSSR count). The van der Waals surface area contributed by atoms with Crippen LogP contribution in [0.5, 0.6) is 0 Å². The molecule has 1 saturated heterocycles. The van der Waals surface area contributed by atoms with Crippen molar-refractivity contribution in [2.75, 3.05) is 6.54 Å². The lowest BCUT2D eigenvalue weighted by Gasteiger charge is -2.28. The SMILES string of the molecule is CC(C)(C)OC(=O)N1CCC[C@@H]1C(=O)N[C@@H](Cc1ccc([N+](=O)[O-])cc1)C(=O)O. The number of hydrogen-bond acceptors (Lipinski definition) is 6. The highest BCUT2D eigenvalue weighted by Gasteiger charge is 2.38. The second-order valence-electron chi connectivity index (χ2n) is 7.86. The number of amides is 2. The number of carbonyl (C=O) groups excluding carboxylic acids is 2. The Hall–Kier alpha value is -3.17. The maximum Gasteiger partial charge on any atom is 0.410 e. The van der Waals surface area contributed by atoms with Gasteiger partial charge in [-0.05, 0) is 39.2 Å². The van der Waals surface area contributed by atoms with Crippen molar-refractivity contribution in [3.8, 4) is 0 Å². The summed E-state index contributed by atoms with van der Waals surface area (Å²) in [5, 5.41) is 22.7. The van der Waals surface area contributed by atoms with Crippen LogP contribution in [-0.2, 0) is 20.7 Å². The fourth-order valence-electron chi connectivity index (χ4n) is 3.04. The third kappa shape index (κ3) is 6.16. The number of nitro groups is 1. The van der Waals surface area contributed by atoms with Crippen LogP contribution >= 0.6 is 0 Å². The minimum atomic E-state index is -1.24. The summed E-state index contributed by atoms with van der Waals surface area (Å²) in [4.78, 5) is 48.1. The molecule has 0 aromatic heterocycles. The zero-order valence-electron chi connectivity index (χ0n) is 16.6. The third-order valence-electron chi connectivity index (χ3n) is 4.39. The van der Waals surface area contributed by atoms with Crippen LogP contribution in [0, 0.1) is 10.1 Å². The zero-order valence-corrected chi connectivity index (χ0v) is 16.6. The van der Waals surface area contributed by atoms with Crippen molar-refractivity contribution in [1.82, 2.24) is 10.2 Å². The highest BCUT2D eigenvalue weighted by Crippen LogP contribution is 2.21. The maximum absolute atomic E-state index is 12.7. The van der Waals surface area contributed by atoms with Crippen LogP contribution in [0.4, 0.5) is 10.5 Å². The van der Waals surface area contributed by atoms with E-state index >= 15 is 0 Å². The topological polar surface area (TPSA) is 139 Å². The lowest BCUT2D eigenvalue weighted by atomic mass is 10.0. The lowest BCUT2D eigenvalue weighted by Crippen LogP contribution is -2.52. The van der Waals surface area contributed by atoms with Crippen LogP contribution < -0.4 is 5.32 Å². The normalized spacial score (nSPS) is 17.5. The first-order valence-corrected chi connectivity index (χ1v) is 9.24. The van der Waals surface area contributed by atoms with Gasteiger partial charge in [0.1, 0.15) is 17.7 Å². The van der Waals surface area contributed by atoms with Gasteiger partial charge in [-0.3, -0.25) is 19.8 Å². The van der Waals surface area contributed by atoms with E-state index in [0.717, 1.165) is 0 Å². The summed E-state index contributed by atoms with van der Waals surface area (Å²) in [7, 11) is 0. The van der Waals surface area contributed by atoms with Crippen molar-refractivity contribution in [3.63, 3.8) is 0 Å². The smallest absolute Gasteiger partial charge is 0.410 e. The van der Waals surface area contributed by atoms with E-state index in [4.69, 9.17) is 4.74 Å². The predicted molar refractivity (Wildman–Crippen MR) is 102 cm³/mol. The summed E-state index contributed by atoms with van der Waals surface area (Å²) >= 11 is 0. The monoisotopic (exact) mass is 407 g/mol. The molecule has 29 heavy (non-hydrogen) atoms. The summed E-state index contributed by atoms with van der Waals surface area (Å²) in [6.45, 7) is 5.52. The molecule has 2 N–H and O–H groups in total. The Labute approximate surface area is 168 Å². The van der Waals surface area contributed by atoms with Crippen molar-refractivity contribution >= 4 is 23.7 Å². The van der Waals surface area contributed by atoms with E-state index < -0.39 is 40.6 Å². The molecule has 0 radical (unpaired) electrons. The molecule has 10 nitrogen and oxygen atoms in total.